The van der Waals surface area contributed by atoms with E-state index in [9.17, 15) is 4.79 Å². The molecule has 110 valence electrons. The van der Waals surface area contributed by atoms with E-state index in [4.69, 9.17) is 0 Å². The third kappa shape index (κ3) is 3.75. The van der Waals surface area contributed by atoms with Crippen LogP contribution in [0.2, 0.25) is 0 Å². The van der Waals surface area contributed by atoms with Gasteiger partial charge in [0.15, 0.2) is 5.69 Å². The summed E-state index contributed by atoms with van der Waals surface area (Å²) in [7, 11) is 1.32. The van der Waals surface area contributed by atoms with Crippen molar-refractivity contribution in [2.75, 3.05) is 18.6 Å². The van der Waals surface area contributed by atoms with Gasteiger partial charge in [0.1, 0.15) is 5.82 Å². The number of rotatable bonds is 5. The van der Waals surface area contributed by atoms with Gasteiger partial charge in [-0.05, 0) is 26.0 Å². The van der Waals surface area contributed by atoms with E-state index in [2.05, 4.69) is 19.7 Å². The Bertz CT molecular complexity index is 631. The Balaban J connectivity index is 2.23. The number of aryl methyl sites for hydroxylation is 1. The van der Waals surface area contributed by atoms with Gasteiger partial charge in [0, 0.05) is 12.2 Å². The van der Waals surface area contributed by atoms with Crippen LogP contribution in [0.5, 0.6) is 0 Å². The summed E-state index contributed by atoms with van der Waals surface area (Å²) >= 11 is 0. The number of hydrogen-bond acceptors (Lipinski definition) is 6. The predicted molar refractivity (Wildman–Crippen MR) is 79.1 cm³/mol. The molecule has 0 fully saturated rings. The number of ether oxygens (including phenoxy) is 1. The van der Waals surface area contributed by atoms with Gasteiger partial charge in [-0.3, -0.25) is 9.97 Å². The molecule has 0 atom stereocenters. The number of pyridine rings is 1. The molecule has 0 aromatic carbocycles. The summed E-state index contributed by atoms with van der Waals surface area (Å²) in [5.41, 5.74) is 2.12. The number of methoxy groups -OCH3 is 1. The van der Waals surface area contributed by atoms with Crippen LogP contribution in [0.4, 0.5) is 5.82 Å². The smallest absolute Gasteiger partial charge is 0.358 e. The monoisotopic (exact) mass is 286 g/mol. The number of carbonyl (C=O) groups excluding carboxylic acids is 1. The summed E-state index contributed by atoms with van der Waals surface area (Å²) in [5.74, 6) is 0.137. The molecule has 21 heavy (non-hydrogen) atoms. The van der Waals surface area contributed by atoms with Crippen molar-refractivity contribution in [3.63, 3.8) is 0 Å². The first-order chi connectivity index (χ1) is 10.1. The molecule has 2 aromatic rings. The number of anilines is 1. The Morgan fingerprint density at radius 2 is 2.10 bits per heavy atom. The summed E-state index contributed by atoms with van der Waals surface area (Å²) in [6.07, 6.45) is 3.03. The minimum Gasteiger partial charge on any atom is -0.464 e. The normalized spacial score (nSPS) is 10.2. The summed E-state index contributed by atoms with van der Waals surface area (Å²) in [5, 5.41) is 0. The van der Waals surface area contributed by atoms with E-state index < -0.39 is 5.97 Å². The van der Waals surface area contributed by atoms with E-state index in [1.165, 1.54) is 13.3 Å². The lowest BCUT2D eigenvalue weighted by atomic mass is 10.3. The minimum absolute atomic E-state index is 0.200. The van der Waals surface area contributed by atoms with Gasteiger partial charge in [-0.15, -0.1) is 0 Å². The van der Waals surface area contributed by atoms with Gasteiger partial charge in [0.2, 0.25) is 0 Å². The van der Waals surface area contributed by atoms with E-state index in [0.717, 1.165) is 17.9 Å². The Morgan fingerprint density at radius 1 is 1.29 bits per heavy atom. The zero-order valence-electron chi connectivity index (χ0n) is 12.4. The molecule has 0 aliphatic carbocycles. The quantitative estimate of drug-likeness (QED) is 0.783. The highest BCUT2D eigenvalue weighted by Crippen LogP contribution is 2.13. The molecule has 0 bridgehead atoms. The fraction of sp³-hybridized carbons (Fsp3) is 0.333. The van der Waals surface area contributed by atoms with Gasteiger partial charge < -0.3 is 9.64 Å². The average molecular weight is 286 g/mol. The van der Waals surface area contributed by atoms with Crippen LogP contribution in [0.1, 0.15) is 28.8 Å². The maximum Gasteiger partial charge on any atom is 0.358 e. The van der Waals surface area contributed by atoms with Crippen LogP contribution in [0.25, 0.3) is 0 Å². The number of esters is 1. The van der Waals surface area contributed by atoms with Crippen molar-refractivity contribution in [3.05, 3.63) is 47.7 Å². The van der Waals surface area contributed by atoms with E-state index in [1.54, 1.807) is 6.20 Å². The summed E-state index contributed by atoms with van der Waals surface area (Å²) in [4.78, 5) is 26.4. The topological polar surface area (TPSA) is 68.2 Å². The Labute approximate surface area is 123 Å². The third-order valence-corrected chi connectivity index (χ3v) is 3.02. The molecule has 0 unspecified atom stereocenters. The molecule has 0 aliphatic heterocycles. The summed E-state index contributed by atoms with van der Waals surface area (Å²) < 4.78 is 4.67. The van der Waals surface area contributed by atoms with Gasteiger partial charge in [-0.1, -0.05) is 6.07 Å². The number of nitrogens with zero attached hydrogens (tertiary/aromatic N) is 4. The average Bonchev–Trinajstić information content (AvgIpc) is 2.52. The molecule has 0 N–H and O–H groups in total. The third-order valence-electron chi connectivity index (χ3n) is 3.02. The highest BCUT2D eigenvalue weighted by atomic mass is 16.5. The second-order valence-electron chi connectivity index (χ2n) is 4.54. The predicted octanol–water partition coefficient (Wildman–Crippen LogP) is 1.99. The first-order valence-electron chi connectivity index (χ1n) is 6.72. The van der Waals surface area contributed by atoms with Crippen molar-refractivity contribution in [2.45, 2.75) is 20.4 Å². The Kier molecular flexibility index (Phi) is 4.81. The summed E-state index contributed by atoms with van der Waals surface area (Å²) in [6.45, 7) is 5.31. The van der Waals surface area contributed by atoms with Gasteiger partial charge in [0.05, 0.1) is 31.7 Å². The zero-order chi connectivity index (χ0) is 15.2. The fourth-order valence-corrected chi connectivity index (χ4v) is 1.95. The first kappa shape index (κ1) is 14.9. The number of hydrogen-bond donors (Lipinski definition) is 0. The Hall–Kier alpha value is -2.50. The number of carbonyl (C=O) groups is 1. The SMILES string of the molecule is CCN(Cc1cccc(C)n1)c1cncc(C(=O)OC)n1. The highest BCUT2D eigenvalue weighted by Gasteiger charge is 2.13. The molecule has 0 aliphatic rings. The van der Waals surface area contributed by atoms with Crippen molar-refractivity contribution in [1.82, 2.24) is 15.0 Å². The lowest BCUT2D eigenvalue weighted by Gasteiger charge is -2.21. The second kappa shape index (κ2) is 6.78. The van der Waals surface area contributed by atoms with E-state index in [1.807, 2.05) is 36.9 Å². The van der Waals surface area contributed by atoms with E-state index >= 15 is 0 Å². The van der Waals surface area contributed by atoms with Crippen molar-refractivity contribution < 1.29 is 9.53 Å². The van der Waals surface area contributed by atoms with Crippen molar-refractivity contribution in [3.8, 4) is 0 Å². The molecule has 6 heteroatoms. The van der Waals surface area contributed by atoms with Crippen LogP contribution in [0.3, 0.4) is 0 Å². The van der Waals surface area contributed by atoms with Crippen LogP contribution in [-0.4, -0.2) is 34.6 Å². The molecule has 0 radical (unpaired) electrons. The zero-order valence-corrected chi connectivity index (χ0v) is 12.4. The lowest BCUT2D eigenvalue weighted by Crippen LogP contribution is -2.24. The largest absolute Gasteiger partial charge is 0.464 e. The van der Waals surface area contributed by atoms with Gasteiger partial charge in [-0.2, -0.15) is 0 Å². The maximum absolute atomic E-state index is 11.5. The minimum atomic E-state index is -0.492. The maximum atomic E-state index is 11.5. The Morgan fingerprint density at radius 3 is 2.76 bits per heavy atom. The van der Waals surface area contributed by atoms with Gasteiger partial charge in [0.25, 0.3) is 0 Å². The van der Waals surface area contributed by atoms with Crippen molar-refractivity contribution >= 4 is 11.8 Å². The molecule has 0 spiro atoms. The van der Waals surface area contributed by atoms with E-state index in [0.29, 0.717) is 12.4 Å². The van der Waals surface area contributed by atoms with Crippen molar-refractivity contribution in [2.24, 2.45) is 0 Å². The molecule has 0 saturated carbocycles. The molecular formula is C15H18N4O2. The van der Waals surface area contributed by atoms with E-state index in [-0.39, 0.29) is 5.69 Å². The lowest BCUT2D eigenvalue weighted by molar-refractivity contribution is 0.0593. The van der Waals surface area contributed by atoms with Gasteiger partial charge >= 0.3 is 5.97 Å². The molecule has 2 heterocycles. The van der Waals surface area contributed by atoms with Crippen LogP contribution >= 0.6 is 0 Å². The molecule has 6 nitrogen and oxygen atoms in total. The second-order valence-corrected chi connectivity index (χ2v) is 4.54. The van der Waals surface area contributed by atoms with Crippen molar-refractivity contribution in [1.29, 1.82) is 0 Å². The fourth-order valence-electron chi connectivity index (χ4n) is 1.95. The van der Waals surface area contributed by atoms with Crippen LogP contribution in [0.15, 0.2) is 30.6 Å². The molecule has 2 rings (SSSR count). The summed E-state index contributed by atoms with van der Waals surface area (Å²) in [6, 6.07) is 5.90. The van der Waals surface area contributed by atoms with Crippen LogP contribution in [-0.2, 0) is 11.3 Å². The first-order valence-corrected chi connectivity index (χ1v) is 6.72. The highest BCUT2D eigenvalue weighted by molar-refractivity contribution is 5.87. The van der Waals surface area contributed by atoms with Crippen LogP contribution < -0.4 is 4.90 Å². The van der Waals surface area contributed by atoms with Gasteiger partial charge in [-0.25, -0.2) is 9.78 Å². The molecule has 0 saturated heterocycles. The number of aromatic nitrogens is 3. The molecule has 2 aromatic heterocycles. The molecule has 0 amide bonds. The standard InChI is InChI=1S/C15H18N4O2/c1-4-19(10-12-7-5-6-11(2)17-12)14-9-16-8-13(18-14)15(20)21-3/h5-9H,4,10H2,1-3H3. The molecular weight excluding hydrogens is 268 g/mol. The van der Waals surface area contributed by atoms with Crippen LogP contribution in [0, 0.1) is 6.92 Å².